The van der Waals surface area contributed by atoms with Crippen molar-refractivity contribution in [3.63, 3.8) is 0 Å². The highest BCUT2D eigenvalue weighted by atomic mass is 16.3. The molecule has 2 fully saturated rings. The van der Waals surface area contributed by atoms with Gasteiger partial charge in [-0.15, -0.1) is 0 Å². The summed E-state index contributed by atoms with van der Waals surface area (Å²) in [6.07, 6.45) is 8.11. The average molecular weight is 642 g/mol. The minimum atomic E-state index is -1.36. The first kappa shape index (κ1) is 32.3. The molecule has 1 saturated carbocycles. The van der Waals surface area contributed by atoms with Crippen LogP contribution in [0.1, 0.15) is 102 Å². The summed E-state index contributed by atoms with van der Waals surface area (Å²) in [7, 11) is 0. The molecule has 1 aliphatic carbocycles. The third kappa shape index (κ3) is 6.56. The van der Waals surface area contributed by atoms with Crippen molar-refractivity contribution in [3.05, 3.63) is 143 Å². The molecule has 248 valence electrons. The minimum absolute atomic E-state index is 0.133. The zero-order valence-corrected chi connectivity index (χ0v) is 27.9. The summed E-state index contributed by atoms with van der Waals surface area (Å²) in [5.41, 5.74) is 4.81. The highest BCUT2D eigenvalue weighted by Crippen LogP contribution is 2.53. The van der Waals surface area contributed by atoms with Gasteiger partial charge in [-0.1, -0.05) is 103 Å². The molecule has 2 heterocycles. The Balaban J connectivity index is 0.897. The number of benzene rings is 4. The van der Waals surface area contributed by atoms with Crippen LogP contribution in [0.3, 0.4) is 0 Å². The Morgan fingerprint density at radius 1 is 0.771 bits per heavy atom. The van der Waals surface area contributed by atoms with Crippen molar-refractivity contribution >= 4 is 11.8 Å². The van der Waals surface area contributed by atoms with Crippen molar-refractivity contribution in [2.24, 2.45) is 5.92 Å². The van der Waals surface area contributed by atoms with Crippen LogP contribution in [-0.4, -0.2) is 40.4 Å². The van der Waals surface area contributed by atoms with Crippen LogP contribution in [0.5, 0.6) is 0 Å². The number of nitrogens with zero attached hydrogens (tertiary/aromatic N) is 1. The van der Waals surface area contributed by atoms with E-state index in [1.807, 2.05) is 104 Å². The van der Waals surface area contributed by atoms with Gasteiger partial charge < -0.3 is 15.7 Å². The lowest BCUT2D eigenvalue weighted by Crippen LogP contribution is -2.54. The summed E-state index contributed by atoms with van der Waals surface area (Å²) in [6, 6.07) is 35.8. The Bertz CT molecular complexity index is 1660. The van der Waals surface area contributed by atoms with Crippen molar-refractivity contribution in [2.75, 3.05) is 6.54 Å². The summed E-state index contributed by atoms with van der Waals surface area (Å²) in [6.45, 7) is 2.94. The van der Waals surface area contributed by atoms with E-state index in [4.69, 9.17) is 0 Å². The maximum Gasteiger partial charge on any atom is 0.315 e. The van der Waals surface area contributed by atoms with Crippen molar-refractivity contribution < 1.29 is 14.7 Å². The minimum Gasteiger partial charge on any atom is -0.378 e. The molecule has 1 saturated heterocycles. The Hall–Kier alpha value is -4.26. The SMILES string of the molecule is C[C@@H](NC(=O)N[C@H]1CC[C@H](CCN2[C@@H]3CC[C@H]2c2ccc(C(=O)Cc4ccccc4)cc23)CC1)C(O)(c1ccccc1)c1ccccc1. The van der Waals surface area contributed by atoms with Gasteiger partial charge in [0.05, 0.1) is 6.04 Å². The molecule has 6 heteroatoms. The van der Waals surface area contributed by atoms with Gasteiger partial charge in [-0.3, -0.25) is 9.69 Å². The normalized spacial score (nSPS) is 22.5. The molecule has 3 N–H and O–H groups in total. The topological polar surface area (TPSA) is 81.7 Å². The molecule has 2 amide bonds. The van der Waals surface area contributed by atoms with E-state index in [-0.39, 0.29) is 17.9 Å². The number of hydrogen-bond acceptors (Lipinski definition) is 4. The Morgan fingerprint density at radius 2 is 1.35 bits per heavy atom. The van der Waals surface area contributed by atoms with Gasteiger partial charge in [0.25, 0.3) is 0 Å². The Labute approximate surface area is 284 Å². The third-order valence-corrected chi connectivity index (χ3v) is 11.2. The molecular weight excluding hydrogens is 594 g/mol. The third-order valence-electron chi connectivity index (χ3n) is 11.2. The predicted octanol–water partition coefficient (Wildman–Crippen LogP) is 7.88. The van der Waals surface area contributed by atoms with E-state index in [0.29, 0.717) is 24.4 Å². The summed E-state index contributed by atoms with van der Waals surface area (Å²) < 4.78 is 0. The molecular formula is C42H47N3O3. The molecule has 2 bridgehead atoms. The molecule has 7 rings (SSSR count). The fourth-order valence-electron chi connectivity index (χ4n) is 8.57. The van der Waals surface area contributed by atoms with E-state index in [9.17, 15) is 14.7 Å². The average Bonchev–Trinajstić information content (AvgIpc) is 3.67. The number of urea groups is 1. The fraction of sp³-hybridized carbons (Fsp3) is 0.381. The molecule has 4 aromatic rings. The second kappa shape index (κ2) is 14.1. The number of ketones is 1. The lowest BCUT2D eigenvalue weighted by molar-refractivity contribution is 0.0470. The van der Waals surface area contributed by atoms with Crippen LogP contribution < -0.4 is 10.6 Å². The first-order valence-electron chi connectivity index (χ1n) is 17.8. The van der Waals surface area contributed by atoms with E-state index in [1.165, 1.54) is 24.0 Å². The predicted molar refractivity (Wildman–Crippen MR) is 190 cm³/mol. The molecule has 2 aliphatic heterocycles. The maximum atomic E-state index is 13.2. The zero-order chi connectivity index (χ0) is 33.1. The Morgan fingerprint density at radius 3 is 1.98 bits per heavy atom. The second-order valence-electron chi connectivity index (χ2n) is 14.1. The largest absolute Gasteiger partial charge is 0.378 e. The van der Waals surface area contributed by atoms with Gasteiger partial charge in [0.15, 0.2) is 5.78 Å². The van der Waals surface area contributed by atoms with Gasteiger partial charge in [-0.05, 0) is 98.2 Å². The van der Waals surface area contributed by atoms with E-state index in [1.54, 1.807) is 0 Å². The first-order valence-corrected chi connectivity index (χ1v) is 17.8. The van der Waals surface area contributed by atoms with E-state index >= 15 is 0 Å². The van der Waals surface area contributed by atoms with Crippen LogP contribution in [0, 0.1) is 5.92 Å². The highest BCUT2D eigenvalue weighted by molar-refractivity contribution is 5.97. The number of carbonyl (C=O) groups is 2. The quantitative estimate of drug-likeness (QED) is 0.146. The van der Waals surface area contributed by atoms with Crippen LogP contribution >= 0.6 is 0 Å². The molecule has 48 heavy (non-hydrogen) atoms. The summed E-state index contributed by atoms with van der Waals surface area (Å²) in [5.74, 6) is 0.840. The lowest BCUT2D eigenvalue weighted by atomic mass is 9.81. The fourth-order valence-corrected chi connectivity index (χ4v) is 8.57. The Kier molecular flexibility index (Phi) is 9.47. The van der Waals surface area contributed by atoms with Crippen molar-refractivity contribution in [2.45, 2.75) is 88.1 Å². The van der Waals surface area contributed by atoms with Crippen LogP contribution in [0.15, 0.2) is 109 Å². The number of carbonyl (C=O) groups excluding carboxylic acids is 2. The highest BCUT2D eigenvalue weighted by Gasteiger charge is 2.44. The second-order valence-corrected chi connectivity index (χ2v) is 14.1. The number of aliphatic hydroxyl groups is 1. The summed E-state index contributed by atoms with van der Waals surface area (Å²) >= 11 is 0. The van der Waals surface area contributed by atoms with Crippen LogP contribution in [-0.2, 0) is 12.0 Å². The smallest absolute Gasteiger partial charge is 0.315 e. The number of rotatable bonds is 11. The van der Waals surface area contributed by atoms with E-state index < -0.39 is 11.6 Å². The number of fused-ring (bicyclic) bond motifs is 5. The standard InChI is InChI=1S/C42H47N3O3/c1-29(42(48,33-13-7-3-8-14-33)34-15-9-4-10-16-34)43-41(47)44-35-20-17-30(18-21-35)25-26-45-38-23-24-39(45)37-28-32(19-22-36(37)38)40(46)27-31-11-5-2-6-12-31/h2-16,19,22,28-30,35,38-39,48H,17-18,20-21,23-27H2,1H3,(H2,43,44,47)/t29-,30-,35-,38+,39-/m1/s1. The van der Waals surface area contributed by atoms with Gasteiger partial charge in [-0.25, -0.2) is 4.79 Å². The number of hydrogen-bond donors (Lipinski definition) is 3. The van der Waals surface area contributed by atoms with Crippen LogP contribution in [0.2, 0.25) is 0 Å². The lowest BCUT2D eigenvalue weighted by Gasteiger charge is -2.36. The summed E-state index contributed by atoms with van der Waals surface area (Å²) in [4.78, 5) is 29.0. The zero-order valence-electron chi connectivity index (χ0n) is 27.9. The molecule has 4 aromatic carbocycles. The first-order chi connectivity index (χ1) is 23.4. The molecule has 0 unspecified atom stereocenters. The molecule has 0 aromatic heterocycles. The summed E-state index contributed by atoms with van der Waals surface area (Å²) in [5, 5.41) is 18.3. The number of nitrogens with one attached hydrogen (secondary N) is 2. The van der Waals surface area contributed by atoms with E-state index in [2.05, 4.69) is 27.7 Å². The van der Waals surface area contributed by atoms with Crippen molar-refractivity contribution in [1.29, 1.82) is 0 Å². The van der Waals surface area contributed by atoms with Gasteiger partial charge in [-0.2, -0.15) is 0 Å². The number of Topliss-reactive ketones (excluding diaryl/α,β-unsaturated/α-hetero) is 1. The molecule has 3 atom stereocenters. The van der Waals surface area contributed by atoms with Crippen molar-refractivity contribution in [3.8, 4) is 0 Å². The van der Waals surface area contributed by atoms with Crippen molar-refractivity contribution in [1.82, 2.24) is 15.5 Å². The van der Waals surface area contributed by atoms with Gasteiger partial charge in [0, 0.05) is 30.1 Å². The van der Waals surface area contributed by atoms with Gasteiger partial charge in [0.2, 0.25) is 0 Å². The van der Waals surface area contributed by atoms with Gasteiger partial charge >= 0.3 is 6.03 Å². The maximum absolute atomic E-state index is 13.2. The molecule has 6 nitrogen and oxygen atoms in total. The molecule has 3 aliphatic rings. The number of amides is 2. The van der Waals surface area contributed by atoms with Crippen LogP contribution in [0.4, 0.5) is 4.79 Å². The van der Waals surface area contributed by atoms with Gasteiger partial charge in [0.1, 0.15) is 5.60 Å². The molecule has 0 radical (unpaired) electrons. The monoisotopic (exact) mass is 641 g/mol. The van der Waals surface area contributed by atoms with E-state index in [0.717, 1.165) is 60.9 Å². The molecule has 0 spiro atoms. The van der Waals surface area contributed by atoms with Crippen LogP contribution in [0.25, 0.3) is 0 Å².